The molecule has 1 radical (unpaired) electrons. The highest BCUT2D eigenvalue weighted by Gasteiger charge is 2.33. The summed E-state index contributed by atoms with van der Waals surface area (Å²) in [6, 6.07) is 5.77. The molecule has 1 aromatic carbocycles. The summed E-state index contributed by atoms with van der Waals surface area (Å²) in [5.74, 6) is 0.323. The highest BCUT2D eigenvalue weighted by atomic mass is 32.1. The second-order valence-corrected chi connectivity index (χ2v) is 9.33. The van der Waals surface area contributed by atoms with Crippen LogP contribution in [0.1, 0.15) is 52.0 Å². The van der Waals surface area contributed by atoms with Crippen molar-refractivity contribution in [1.29, 1.82) is 0 Å². The van der Waals surface area contributed by atoms with E-state index in [1.807, 2.05) is 6.07 Å². The number of nitrogens with zero attached hydrogens (tertiary/aromatic N) is 1. The number of halogens is 1. The van der Waals surface area contributed by atoms with Crippen LogP contribution in [0.5, 0.6) is 0 Å². The van der Waals surface area contributed by atoms with E-state index in [2.05, 4.69) is 53.0 Å². The minimum Gasteiger partial charge on any atom is -0.306 e. The van der Waals surface area contributed by atoms with Crippen LogP contribution in [-0.2, 0) is 0 Å². The van der Waals surface area contributed by atoms with Crippen LogP contribution >= 0.6 is 12.6 Å². The third-order valence-corrected chi connectivity index (χ3v) is 6.29. The van der Waals surface area contributed by atoms with E-state index in [1.54, 1.807) is 6.07 Å². The van der Waals surface area contributed by atoms with Gasteiger partial charge in [0.1, 0.15) is 5.82 Å². The Bertz CT molecular complexity index is 531. The summed E-state index contributed by atoms with van der Waals surface area (Å²) >= 11 is 4.70. The smallest absolute Gasteiger partial charge is 0.152 e. The molecule has 2 rings (SSSR count). The maximum absolute atomic E-state index is 14.5. The Balaban J connectivity index is 2.02. The molecule has 0 N–H and O–H groups in total. The zero-order valence-corrected chi connectivity index (χ0v) is 16.1. The lowest BCUT2D eigenvalue weighted by molar-refractivity contribution is 0.253. The summed E-state index contributed by atoms with van der Waals surface area (Å²) in [4.78, 5) is 2.32. The van der Waals surface area contributed by atoms with E-state index in [0.29, 0.717) is 5.92 Å². The highest BCUT2D eigenvalue weighted by Crippen LogP contribution is 2.38. The first-order chi connectivity index (χ1) is 10.6. The van der Waals surface area contributed by atoms with Gasteiger partial charge in [0.25, 0.3) is 0 Å². The molecule has 0 bridgehead atoms. The normalized spacial score (nSPS) is 18.2. The van der Waals surface area contributed by atoms with E-state index < -0.39 is 0 Å². The number of hydrogen-bond acceptors (Lipinski definition) is 2. The maximum atomic E-state index is 14.5. The molecule has 0 atom stereocenters. The quantitative estimate of drug-likeness (QED) is 0.626. The molecule has 1 aromatic rings. The topological polar surface area (TPSA) is 3.24 Å². The number of hydrogen-bond donors (Lipinski definition) is 1. The molecule has 1 aliphatic rings. The minimum absolute atomic E-state index is 0.0451. The molecule has 1 heterocycles. The lowest BCUT2D eigenvalue weighted by Crippen LogP contribution is -2.36. The molecule has 1 aliphatic heterocycles. The largest absolute Gasteiger partial charge is 0.306 e. The lowest BCUT2D eigenvalue weighted by atomic mass is 9.56. The van der Waals surface area contributed by atoms with Crippen molar-refractivity contribution in [3.63, 3.8) is 0 Å². The molecule has 23 heavy (non-hydrogen) atoms. The lowest BCUT2D eigenvalue weighted by Gasteiger charge is -2.38. The van der Waals surface area contributed by atoms with E-state index in [4.69, 9.17) is 12.6 Å². The van der Waals surface area contributed by atoms with Gasteiger partial charge in [-0.2, -0.15) is 12.6 Å². The number of thiol groups is 1. The number of rotatable bonds is 5. The molecular formula is C19H30BFNS. The van der Waals surface area contributed by atoms with Gasteiger partial charge in [0.05, 0.1) is 0 Å². The van der Waals surface area contributed by atoms with Gasteiger partial charge < -0.3 is 4.90 Å². The van der Waals surface area contributed by atoms with Crippen LogP contribution in [0.3, 0.4) is 0 Å². The van der Waals surface area contributed by atoms with Crippen LogP contribution in [0.2, 0.25) is 6.32 Å². The van der Waals surface area contributed by atoms with Gasteiger partial charge in [-0.05, 0) is 55.9 Å². The molecule has 0 aliphatic carbocycles. The summed E-state index contributed by atoms with van der Waals surface area (Å²) < 4.78 is 14.5. The van der Waals surface area contributed by atoms with Gasteiger partial charge in [0.15, 0.2) is 7.28 Å². The number of piperidine rings is 1. The summed E-state index contributed by atoms with van der Waals surface area (Å²) in [5.41, 5.74) is 1.92. The molecule has 0 amide bonds. The monoisotopic (exact) mass is 334 g/mol. The van der Waals surface area contributed by atoms with Gasteiger partial charge in [-0.1, -0.05) is 51.6 Å². The van der Waals surface area contributed by atoms with Crippen LogP contribution in [-0.4, -0.2) is 37.1 Å². The summed E-state index contributed by atoms with van der Waals surface area (Å²) in [5, 5.41) is 0. The van der Waals surface area contributed by atoms with Crippen molar-refractivity contribution < 1.29 is 4.39 Å². The predicted octanol–water partition coefficient (Wildman–Crippen LogP) is 4.12. The molecule has 1 nitrogen and oxygen atoms in total. The fraction of sp³-hybridized carbons (Fsp3) is 0.684. The van der Waals surface area contributed by atoms with E-state index in [-0.39, 0.29) is 16.0 Å². The van der Waals surface area contributed by atoms with E-state index >= 15 is 0 Å². The van der Waals surface area contributed by atoms with E-state index in [0.717, 1.165) is 43.3 Å². The Morgan fingerprint density at radius 1 is 1.22 bits per heavy atom. The molecular weight excluding hydrogens is 304 g/mol. The standard InChI is InChI=1S/C19H30BFNS/c1-18(2,19(3,4)23)13-20-15-6-7-16(17(21)12-15)14-8-10-22(5)11-9-14/h6-7,12,14,23H,8-11,13H2,1-5H3. The highest BCUT2D eigenvalue weighted by molar-refractivity contribution is 7.81. The first-order valence-electron chi connectivity index (χ1n) is 8.64. The third kappa shape index (κ3) is 4.76. The molecule has 1 fully saturated rings. The van der Waals surface area contributed by atoms with Gasteiger partial charge in [0.2, 0.25) is 0 Å². The molecule has 0 unspecified atom stereocenters. The van der Waals surface area contributed by atoms with Gasteiger partial charge in [-0.15, -0.1) is 0 Å². The van der Waals surface area contributed by atoms with Crippen LogP contribution < -0.4 is 5.46 Å². The second-order valence-electron chi connectivity index (χ2n) is 8.21. The summed E-state index contributed by atoms with van der Waals surface area (Å²) in [6.07, 6.45) is 2.99. The van der Waals surface area contributed by atoms with Crippen molar-refractivity contribution in [2.45, 2.75) is 57.5 Å². The average molecular weight is 334 g/mol. The van der Waals surface area contributed by atoms with Gasteiger partial charge in [-0.3, -0.25) is 0 Å². The zero-order chi connectivity index (χ0) is 17.3. The van der Waals surface area contributed by atoms with Crippen molar-refractivity contribution in [2.75, 3.05) is 20.1 Å². The van der Waals surface area contributed by atoms with E-state index in [9.17, 15) is 4.39 Å². The van der Waals surface area contributed by atoms with Gasteiger partial charge in [-0.25, -0.2) is 4.39 Å². The van der Waals surface area contributed by atoms with Gasteiger partial charge in [0, 0.05) is 4.75 Å². The summed E-state index contributed by atoms with van der Waals surface area (Å²) in [7, 11) is 4.27. The van der Waals surface area contributed by atoms with Crippen LogP contribution in [0.4, 0.5) is 4.39 Å². The fourth-order valence-electron chi connectivity index (χ4n) is 2.94. The number of likely N-dealkylation sites (tertiary alicyclic amines) is 1. The predicted molar refractivity (Wildman–Crippen MR) is 103 cm³/mol. The Hall–Kier alpha value is -0.475. The van der Waals surface area contributed by atoms with Crippen LogP contribution in [0.15, 0.2) is 18.2 Å². The molecule has 127 valence electrons. The van der Waals surface area contributed by atoms with Crippen molar-refractivity contribution in [1.82, 2.24) is 4.90 Å². The van der Waals surface area contributed by atoms with Crippen LogP contribution in [0, 0.1) is 11.2 Å². The molecule has 0 aromatic heterocycles. The Labute approximate surface area is 147 Å². The Morgan fingerprint density at radius 2 is 1.83 bits per heavy atom. The molecule has 1 saturated heterocycles. The van der Waals surface area contributed by atoms with Crippen molar-refractivity contribution in [3.8, 4) is 0 Å². The van der Waals surface area contributed by atoms with E-state index in [1.165, 1.54) is 0 Å². The summed E-state index contributed by atoms with van der Waals surface area (Å²) in [6.45, 7) is 10.8. The third-order valence-electron chi connectivity index (χ3n) is 5.69. The van der Waals surface area contributed by atoms with Crippen molar-refractivity contribution in [2.24, 2.45) is 5.41 Å². The Kier molecular flexibility index (Phi) is 5.89. The van der Waals surface area contributed by atoms with Crippen molar-refractivity contribution in [3.05, 3.63) is 29.6 Å². The first kappa shape index (κ1) is 18.9. The maximum Gasteiger partial charge on any atom is 0.152 e. The fourth-order valence-corrected chi connectivity index (χ4v) is 3.04. The molecule has 0 spiro atoms. The zero-order valence-electron chi connectivity index (χ0n) is 15.2. The number of benzene rings is 1. The van der Waals surface area contributed by atoms with Gasteiger partial charge >= 0.3 is 0 Å². The molecule has 4 heteroatoms. The Morgan fingerprint density at radius 3 is 2.35 bits per heavy atom. The average Bonchev–Trinajstić information content (AvgIpc) is 2.45. The molecule has 0 saturated carbocycles. The SMILES string of the molecule is CN1CCC(c2ccc([B]CC(C)(C)C(C)(C)S)cc2F)CC1. The minimum atomic E-state index is -0.0733. The second kappa shape index (κ2) is 7.19. The van der Waals surface area contributed by atoms with Crippen LogP contribution in [0.25, 0.3) is 0 Å². The van der Waals surface area contributed by atoms with Crippen molar-refractivity contribution >= 4 is 25.4 Å². The first-order valence-corrected chi connectivity index (χ1v) is 9.08.